The minimum absolute atomic E-state index is 0.0892. The fraction of sp³-hybridized carbons (Fsp3) is 0.550. The molecule has 1 N–H and O–H groups in total. The summed E-state index contributed by atoms with van der Waals surface area (Å²) in [7, 11) is 0. The Morgan fingerprint density at radius 3 is 2.92 bits per heavy atom. The van der Waals surface area contributed by atoms with Crippen LogP contribution < -0.4 is 10.1 Å². The van der Waals surface area contributed by atoms with Crippen molar-refractivity contribution in [2.24, 2.45) is 11.8 Å². The van der Waals surface area contributed by atoms with Crippen LogP contribution in [0.3, 0.4) is 0 Å². The van der Waals surface area contributed by atoms with Crippen LogP contribution in [0.1, 0.15) is 32.8 Å². The molecule has 4 nitrogen and oxygen atoms in total. The number of carbonyl (C=O) groups excluding carboxylic acids is 1. The zero-order chi connectivity index (χ0) is 17.1. The van der Waals surface area contributed by atoms with Crippen molar-refractivity contribution in [3.63, 3.8) is 0 Å². The Bertz CT molecular complexity index is 624. The molecule has 0 spiro atoms. The first-order chi connectivity index (χ1) is 11.5. The molecule has 1 saturated heterocycles. The molecular weight excluding hydrogens is 300 g/mol. The summed E-state index contributed by atoms with van der Waals surface area (Å²) in [5, 5.41) is 3.67. The minimum Gasteiger partial charge on any atom is -0.489 e. The number of amides is 1. The number of benzene rings is 1. The highest BCUT2D eigenvalue weighted by molar-refractivity contribution is 5.78. The van der Waals surface area contributed by atoms with Gasteiger partial charge in [0.15, 0.2) is 0 Å². The number of ether oxygens (including phenoxy) is 1. The monoisotopic (exact) mass is 328 g/mol. The molecule has 1 amide bonds. The largest absolute Gasteiger partial charge is 0.489 e. The molecule has 1 aromatic carbocycles. The van der Waals surface area contributed by atoms with Crippen LogP contribution in [0.5, 0.6) is 5.75 Å². The number of nitrogens with one attached hydrogen (secondary N) is 1. The molecule has 2 heterocycles. The van der Waals surface area contributed by atoms with Crippen molar-refractivity contribution in [2.75, 3.05) is 26.2 Å². The van der Waals surface area contributed by atoms with Crippen molar-refractivity contribution >= 4 is 12.0 Å². The van der Waals surface area contributed by atoms with Gasteiger partial charge >= 0.3 is 0 Å². The van der Waals surface area contributed by atoms with Gasteiger partial charge in [-0.05, 0) is 30.1 Å². The molecule has 1 fully saturated rings. The van der Waals surface area contributed by atoms with Crippen LogP contribution in [0.15, 0.2) is 29.8 Å². The summed E-state index contributed by atoms with van der Waals surface area (Å²) in [5.74, 6) is 1.81. The highest BCUT2D eigenvalue weighted by atomic mass is 16.5. The Hall–Kier alpha value is -1.81. The lowest BCUT2D eigenvalue weighted by atomic mass is 9.92. The topological polar surface area (TPSA) is 41.6 Å². The third kappa shape index (κ3) is 3.81. The molecule has 1 aromatic rings. The Kier molecular flexibility index (Phi) is 5.24. The van der Waals surface area contributed by atoms with E-state index >= 15 is 0 Å². The van der Waals surface area contributed by atoms with E-state index in [0.29, 0.717) is 18.6 Å². The molecule has 0 bridgehead atoms. The van der Waals surface area contributed by atoms with Crippen molar-refractivity contribution in [3.8, 4) is 5.75 Å². The Morgan fingerprint density at radius 1 is 1.38 bits per heavy atom. The molecule has 2 atom stereocenters. The first-order valence-corrected chi connectivity index (χ1v) is 8.98. The Labute approximate surface area is 144 Å². The zero-order valence-electron chi connectivity index (χ0n) is 14.9. The second-order valence-electron chi connectivity index (χ2n) is 7.32. The number of rotatable bonds is 4. The summed E-state index contributed by atoms with van der Waals surface area (Å²) < 4.78 is 5.82. The van der Waals surface area contributed by atoms with Gasteiger partial charge < -0.3 is 15.0 Å². The van der Waals surface area contributed by atoms with Gasteiger partial charge in [0.05, 0.1) is 0 Å². The summed E-state index contributed by atoms with van der Waals surface area (Å²) >= 11 is 0. The van der Waals surface area contributed by atoms with Crippen molar-refractivity contribution in [1.82, 2.24) is 10.2 Å². The molecule has 0 saturated carbocycles. The SMILES string of the molecule is CC(C)C(=O)N1CC[C@H](NCC2=Cc3ccccc3OC2)[C@H](C)C1. The van der Waals surface area contributed by atoms with Crippen molar-refractivity contribution in [3.05, 3.63) is 35.4 Å². The molecular formula is C20H28N2O2. The number of fused-ring (bicyclic) bond motifs is 1. The predicted molar refractivity (Wildman–Crippen MR) is 96.9 cm³/mol. The first kappa shape index (κ1) is 17.0. The van der Waals surface area contributed by atoms with Crippen LogP contribution >= 0.6 is 0 Å². The minimum atomic E-state index is 0.0892. The normalized spacial score (nSPS) is 23.5. The third-order valence-electron chi connectivity index (χ3n) is 4.99. The molecule has 0 aliphatic carbocycles. The highest BCUT2D eigenvalue weighted by Crippen LogP contribution is 2.26. The number of carbonyl (C=O) groups is 1. The van der Waals surface area contributed by atoms with Crippen LogP contribution in [0, 0.1) is 11.8 Å². The number of hydrogen-bond donors (Lipinski definition) is 1. The molecule has 0 unspecified atom stereocenters. The van der Waals surface area contributed by atoms with Gasteiger partial charge in [-0.15, -0.1) is 0 Å². The number of piperidine rings is 1. The number of nitrogens with zero attached hydrogens (tertiary/aromatic N) is 1. The number of likely N-dealkylation sites (tertiary alicyclic amines) is 1. The highest BCUT2D eigenvalue weighted by Gasteiger charge is 2.29. The lowest BCUT2D eigenvalue weighted by Crippen LogP contribution is -2.51. The van der Waals surface area contributed by atoms with Gasteiger partial charge in [0.1, 0.15) is 12.4 Å². The maximum Gasteiger partial charge on any atom is 0.225 e. The van der Waals surface area contributed by atoms with Crippen LogP contribution in [0.2, 0.25) is 0 Å². The fourth-order valence-electron chi connectivity index (χ4n) is 3.54. The summed E-state index contributed by atoms with van der Waals surface area (Å²) in [6.07, 6.45) is 3.25. The van der Waals surface area contributed by atoms with Crippen LogP contribution in [0.4, 0.5) is 0 Å². The molecule has 2 aliphatic heterocycles. The number of hydrogen-bond acceptors (Lipinski definition) is 3. The van der Waals surface area contributed by atoms with Gasteiger partial charge in [-0.2, -0.15) is 0 Å². The average molecular weight is 328 g/mol. The van der Waals surface area contributed by atoms with E-state index in [4.69, 9.17) is 4.74 Å². The van der Waals surface area contributed by atoms with Crippen molar-refractivity contribution in [2.45, 2.75) is 33.2 Å². The van der Waals surface area contributed by atoms with E-state index in [1.54, 1.807) is 0 Å². The smallest absolute Gasteiger partial charge is 0.225 e. The third-order valence-corrected chi connectivity index (χ3v) is 4.99. The van der Waals surface area contributed by atoms with Crippen molar-refractivity contribution < 1.29 is 9.53 Å². The lowest BCUT2D eigenvalue weighted by molar-refractivity contribution is -0.136. The maximum absolute atomic E-state index is 12.2. The summed E-state index contributed by atoms with van der Waals surface area (Å²) in [6, 6.07) is 8.61. The quantitative estimate of drug-likeness (QED) is 0.924. The van der Waals surface area contributed by atoms with E-state index in [9.17, 15) is 4.79 Å². The van der Waals surface area contributed by atoms with E-state index in [1.807, 2.05) is 36.9 Å². The van der Waals surface area contributed by atoms with E-state index < -0.39 is 0 Å². The molecule has 3 rings (SSSR count). The predicted octanol–water partition coefficient (Wildman–Crippen LogP) is 2.95. The van der Waals surface area contributed by atoms with Gasteiger partial charge in [-0.1, -0.05) is 39.0 Å². The lowest BCUT2D eigenvalue weighted by Gasteiger charge is -2.38. The Morgan fingerprint density at radius 2 is 2.17 bits per heavy atom. The first-order valence-electron chi connectivity index (χ1n) is 8.98. The fourth-order valence-corrected chi connectivity index (χ4v) is 3.54. The zero-order valence-corrected chi connectivity index (χ0v) is 14.9. The maximum atomic E-state index is 12.2. The second-order valence-corrected chi connectivity index (χ2v) is 7.32. The van der Waals surface area contributed by atoms with E-state index in [2.05, 4.69) is 24.4 Å². The molecule has 0 radical (unpaired) electrons. The molecule has 130 valence electrons. The van der Waals surface area contributed by atoms with E-state index in [1.165, 1.54) is 5.57 Å². The average Bonchev–Trinajstić information content (AvgIpc) is 2.59. The number of para-hydroxylation sites is 1. The standard InChI is InChI=1S/C20H28N2O2/c1-14(2)20(23)22-9-8-18(15(3)12-22)21-11-16-10-17-6-4-5-7-19(17)24-13-16/h4-7,10,14-15,18,21H,8-9,11-13H2,1-3H3/t15-,18+/m1/s1. The van der Waals surface area contributed by atoms with Crippen LogP contribution in [-0.2, 0) is 4.79 Å². The van der Waals surface area contributed by atoms with E-state index in [0.717, 1.165) is 37.4 Å². The second kappa shape index (κ2) is 7.39. The molecule has 0 aromatic heterocycles. The summed E-state index contributed by atoms with van der Waals surface area (Å²) in [6.45, 7) is 9.41. The van der Waals surface area contributed by atoms with Gasteiger partial charge in [-0.25, -0.2) is 0 Å². The molecule has 4 heteroatoms. The van der Waals surface area contributed by atoms with Gasteiger partial charge in [0, 0.05) is 37.2 Å². The van der Waals surface area contributed by atoms with Gasteiger partial charge in [0.25, 0.3) is 0 Å². The Balaban J connectivity index is 1.53. The summed E-state index contributed by atoms with van der Waals surface area (Å²) in [4.78, 5) is 14.2. The molecule has 2 aliphatic rings. The van der Waals surface area contributed by atoms with E-state index in [-0.39, 0.29) is 11.8 Å². The molecule has 24 heavy (non-hydrogen) atoms. The van der Waals surface area contributed by atoms with Gasteiger partial charge in [0.2, 0.25) is 5.91 Å². The van der Waals surface area contributed by atoms with Crippen LogP contribution in [0.25, 0.3) is 6.08 Å². The van der Waals surface area contributed by atoms with Crippen molar-refractivity contribution in [1.29, 1.82) is 0 Å². The summed E-state index contributed by atoms with van der Waals surface area (Å²) in [5.41, 5.74) is 2.44. The van der Waals surface area contributed by atoms with Crippen LogP contribution in [-0.4, -0.2) is 43.1 Å². The van der Waals surface area contributed by atoms with Gasteiger partial charge in [-0.3, -0.25) is 4.79 Å².